The van der Waals surface area contributed by atoms with Crippen molar-refractivity contribution < 1.29 is 4.74 Å². The molecule has 0 aliphatic heterocycles. The molecular weight excluding hydrogens is 352 g/mol. The molecule has 2 aromatic rings. The van der Waals surface area contributed by atoms with Crippen molar-refractivity contribution in [3.05, 3.63) is 77.4 Å². The maximum atomic E-state index is 5.47. The van der Waals surface area contributed by atoms with Crippen molar-refractivity contribution in [3.63, 3.8) is 0 Å². The normalized spacial score (nSPS) is 19.0. The summed E-state index contributed by atoms with van der Waals surface area (Å²) in [6.07, 6.45) is 13.2. The highest BCUT2D eigenvalue weighted by molar-refractivity contribution is 5.40. The quantitative estimate of drug-likeness (QED) is 0.453. The van der Waals surface area contributed by atoms with Crippen molar-refractivity contribution in [2.45, 2.75) is 64.7 Å². The molecule has 152 valence electrons. The SMILES string of the molecule is CCCCc1ccc([C@H]2CC[C@H](/C=C/C#Cc3ccc(OCC)cc3)CC2)cc1. The minimum absolute atomic E-state index is 0.671. The van der Waals surface area contributed by atoms with E-state index >= 15 is 0 Å². The Hall–Kier alpha value is -2.46. The molecule has 0 heterocycles. The highest BCUT2D eigenvalue weighted by Gasteiger charge is 2.20. The van der Waals surface area contributed by atoms with Gasteiger partial charge in [0.15, 0.2) is 0 Å². The van der Waals surface area contributed by atoms with Gasteiger partial charge in [-0.05, 0) is 98.8 Å². The second-order valence-electron chi connectivity index (χ2n) is 8.04. The van der Waals surface area contributed by atoms with Crippen LogP contribution in [0.2, 0.25) is 0 Å². The van der Waals surface area contributed by atoms with Crippen LogP contribution in [0.25, 0.3) is 0 Å². The number of hydrogen-bond acceptors (Lipinski definition) is 1. The van der Waals surface area contributed by atoms with Crippen molar-refractivity contribution in [3.8, 4) is 17.6 Å². The van der Waals surface area contributed by atoms with Gasteiger partial charge < -0.3 is 4.74 Å². The third-order valence-corrected chi connectivity index (χ3v) is 5.88. The summed E-state index contributed by atoms with van der Waals surface area (Å²) < 4.78 is 5.47. The van der Waals surface area contributed by atoms with Gasteiger partial charge in [-0.3, -0.25) is 0 Å². The van der Waals surface area contributed by atoms with Gasteiger partial charge in [-0.2, -0.15) is 0 Å². The van der Waals surface area contributed by atoms with Crippen molar-refractivity contribution >= 4 is 0 Å². The van der Waals surface area contributed by atoms with E-state index in [0.29, 0.717) is 12.5 Å². The molecule has 3 rings (SSSR count). The monoisotopic (exact) mass is 386 g/mol. The predicted molar refractivity (Wildman–Crippen MR) is 123 cm³/mol. The van der Waals surface area contributed by atoms with E-state index in [1.165, 1.54) is 56.1 Å². The zero-order valence-corrected chi connectivity index (χ0v) is 18.0. The van der Waals surface area contributed by atoms with E-state index in [-0.39, 0.29) is 0 Å². The maximum Gasteiger partial charge on any atom is 0.119 e. The summed E-state index contributed by atoms with van der Waals surface area (Å²) in [7, 11) is 0. The minimum Gasteiger partial charge on any atom is -0.494 e. The van der Waals surface area contributed by atoms with Crippen LogP contribution in [0.5, 0.6) is 5.75 Å². The van der Waals surface area contributed by atoms with Gasteiger partial charge in [-0.25, -0.2) is 0 Å². The second kappa shape index (κ2) is 11.5. The lowest BCUT2D eigenvalue weighted by Crippen LogP contribution is -2.11. The molecule has 29 heavy (non-hydrogen) atoms. The van der Waals surface area contributed by atoms with Crippen LogP contribution in [-0.4, -0.2) is 6.61 Å². The first-order chi connectivity index (χ1) is 14.3. The molecule has 0 atom stereocenters. The lowest BCUT2D eigenvalue weighted by Gasteiger charge is -2.27. The van der Waals surface area contributed by atoms with E-state index < -0.39 is 0 Å². The number of aryl methyl sites for hydroxylation is 1. The lowest BCUT2D eigenvalue weighted by atomic mass is 9.78. The Kier molecular flexibility index (Phi) is 8.44. The summed E-state index contributed by atoms with van der Waals surface area (Å²) >= 11 is 0. The molecule has 0 saturated heterocycles. The van der Waals surface area contributed by atoms with E-state index in [4.69, 9.17) is 4.74 Å². The van der Waals surface area contributed by atoms with Crippen molar-refractivity contribution in [1.82, 2.24) is 0 Å². The number of allylic oxidation sites excluding steroid dienone is 2. The molecule has 0 unspecified atom stereocenters. The molecule has 2 aromatic carbocycles. The molecule has 0 N–H and O–H groups in total. The van der Waals surface area contributed by atoms with E-state index in [1.54, 1.807) is 0 Å². The standard InChI is InChI=1S/C28H34O/c1-3-5-8-23-11-17-26(18-12-23)27-19-13-24(14-20-27)9-6-7-10-25-15-21-28(22-16-25)29-4-2/h6,9,11-12,15-18,21-22,24,27H,3-5,8,13-14,19-20H2,1-2H3/b9-6+/t24-,27-. The van der Waals surface area contributed by atoms with Gasteiger partial charge in [0.2, 0.25) is 0 Å². The highest BCUT2D eigenvalue weighted by Crippen LogP contribution is 2.36. The van der Waals surface area contributed by atoms with Crippen LogP contribution in [0.4, 0.5) is 0 Å². The molecule has 1 aliphatic carbocycles. The van der Waals surface area contributed by atoms with E-state index in [2.05, 4.69) is 49.1 Å². The van der Waals surface area contributed by atoms with Crippen molar-refractivity contribution in [2.24, 2.45) is 5.92 Å². The Morgan fingerprint density at radius 3 is 2.31 bits per heavy atom. The molecule has 0 bridgehead atoms. The number of unbranched alkanes of at least 4 members (excludes halogenated alkanes) is 1. The zero-order chi connectivity index (χ0) is 20.3. The molecule has 1 saturated carbocycles. The zero-order valence-electron chi connectivity index (χ0n) is 18.0. The Labute approximate surface area is 177 Å². The Morgan fingerprint density at radius 2 is 1.66 bits per heavy atom. The first kappa shape index (κ1) is 21.3. The van der Waals surface area contributed by atoms with Gasteiger partial charge in [0.25, 0.3) is 0 Å². The van der Waals surface area contributed by atoms with Crippen molar-refractivity contribution in [1.29, 1.82) is 0 Å². The fourth-order valence-corrected chi connectivity index (χ4v) is 4.09. The average Bonchev–Trinajstić information content (AvgIpc) is 2.77. The summed E-state index contributed by atoms with van der Waals surface area (Å²) in [4.78, 5) is 0. The summed E-state index contributed by atoms with van der Waals surface area (Å²) in [6, 6.07) is 17.4. The van der Waals surface area contributed by atoms with Crippen LogP contribution in [-0.2, 0) is 6.42 Å². The Bertz CT molecular complexity index is 809. The smallest absolute Gasteiger partial charge is 0.119 e. The third-order valence-electron chi connectivity index (χ3n) is 5.88. The molecule has 0 spiro atoms. The molecule has 0 aromatic heterocycles. The van der Waals surface area contributed by atoms with Crippen LogP contribution in [0.3, 0.4) is 0 Å². The molecule has 1 nitrogen and oxygen atoms in total. The number of ether oxygens (including phenoxy) is 1. The summed E-state index contributed by atoms with van der Waals surface area (Å²) in [5.41, 5.74) is 4.05. The second-order valence-corrected chi connectivity index (χ2v) is 8.04. The summed E-state index contributed by atoms with van der Waals surface area (Å²) in [5.74, 6) is 8.72. The van der Waals surface area contributed by atoms with Crippen molar-refractivity contribution in [2.75, 3.05) is 6.61 Å². The van der Waals surface area contributed by atoms with E-state index in [0.717, 1.165) is 17.2 Å². The highest BCUT2D eigenvalue weighted by atomic mass is 16.5. The van der Waals surface area contributed by atoms with E-state index in [9.17, 15) is 0 Å². The molecular formula is C28H34O. The van der Waals surface area contributed by atoms with Gasteiger partial charge in [0.05, 0.1) is 6.61 Å². The third kappa shape index (κ3) is 6.82. The number of benzene rings is 2. The lowest BCUT2D eigenvalue weighted by molar-refractivity contribution is 0.340. The average molecular weight is 387 g/mol. The van der Waals surface area contributed by atoms with Gasteiger partial charge in [-0.15, -0.1) is 0 Å². The van der Waals surface area contributed by atoms with Gasteiger partial charge in [0, 0.05) is 5.56 Å². The largest absolute Gasteiger partial charge is 0.494 e. The van der Waals surface area contributed by atoms with Gasteiger partial charge >= 0.3 is 0 Å². The molecule has 0 radical (unpaired) electrons. The first-order valence-electron chi connectivity index (χ1n) is 11.3. The van der Waals surface area contributed by atoms with Gasteiger partial charge in [-0.1, -0.05) is 55.5 Å². The van der Waals surface area contributed by atoms with Crippen LogP contribution >= 0.6 is 0 Å². The Morgan fingerprint density at radius 1 is 0.931 bits per heavy atom. The molecule has 1 aliphatic rings. The van der Waals surface area contributed by atoms with Crippen LogP contribution in [0, 0.1) is 17.8 Å². The topological polar surface area (TPSA) is 9.23 Å². The fourth-order valence-electron chi connectivity index (χ4n) is 4.09. The molecule has 1 heteroatoms. The number of rotatable bonds is 7. The predicted octanol–water partition coefficient (Wildman–Crippen LogP) is 7.31. The minimum atomic E-state index is 0.671. The van der Waals surface area contributed by atoms with Gasteiger partial charge in [0.1, 0.15) is 5.75 Å². The fraction of sp³-hybridized carbons (Fsp3) is 0.429. The van der Waals surface area contributed by atoms with E-state index in [1.807, 2.05) is 37.3 Å². The Balaban J connectivity index is 1.45. The van der Waals surface area contributed by atoms with Crippen LogP contribution < -0.4 is 4.74 Å². The molecule has 1 fully saturated rings. The summed E-state index contributed by atoms with van der Waals surface area (Å²) in [5, 5.41) is 0. The molecule has 0 amide bonds. The van der Waals surface area contributed by atoms with Crippen LogP contribution in [0.1, 0.15) is 75.0 Å². The number of hydrogen-bond donors (Lipinski definition) is 0. The summed E-state index contributed by atoms with van der Waals surface area (Å²) in [6.45, 7) is 4.95. The maximum absolute atomic E-state index is 5.47. The first-order valence-corrected chi connectivity index (χ1v) is 11.3. The van der Waals surface area contributed by atoms with Crippen LogP contribution in [0.15, 0.2) is 60.7 Å².